The first kappa shape index (κ1) is 22.6. The van der Waals surface area contributed by atoms with Crippen LogP contribution in [0.2, 0.25) is 0 Å². The van der Waals surface area contributed by atoms with E-state index in [2.05, 4.69) is 0 Å². The molecule has 0 heterocycles. The lowest BCUT2D eigenvalue weighted by atomic mass is 10.0. The normalized spacial score (nSPS) is 8.20. The van der Waals surface area contributed by atoms with Gasteiger partial charge in [0, 0.05) is 0 Å². The summed E-state index contributed by atoms with van der Waals surface area (Å²) in [6.07, 6.45) is 0. The van der Waals surface area contributed by atoms with Gasteiger partial charge in [-0.15, -0.1) is 0 Å². The highest BCUT2D eigenvalue weighted by Crippen LogP contribution is 2.28. The first-order chi connectivity index (χ1) is 7.58. The molecule has 0 saturated carbocycles. The van der Waals surface area contributed by atoms with Gasteiger partial charge >= 0.3 is 0 Å². The Morgan fingerprint density at radius 3 is 1.00 bits per heavy atom. The summed E-state index contributed by atoms with van der Waals surface area (Å²) in [4.78, 5) is 0. The maximum absolute atomic E-state index is 5.74. The summed E-state index contributed by atoms with van der Waals surface area (Å²) in [5.41, 5.74) is 27.0. The second-order valence-electron chi connectivity index (χ2n) is 3.69. The van der Waals surface area contributed by atoms with Crippen LogP contribution in [0.3, 0.4) is 0 Å². The van der Waals surface area contributed by atoms with Gasteiger partial charge in [0.05, 0.1) is 22.7 Å². The van der Waals surface area contributed by atoms with Crippen LogP contribution < -0.4 is 22.9 Å². The second kappa shape index (κ2) is 8.56. The van der Waals surface area contributed by atoms with E-state index in [0.717, 1.165) is 11.1 Å². The lowest BCUT2D eigenvalue weighted by molar-refractivity contribution is 0.823. The van der Waals surface area contributed by atoms with E-state index in [9.17, 15) is 0 Å². The zero-order chi connectivity index (χ0) is 11.7. The minimum atomic E-state index is 0. The SMILES string of the molecule is Nc1ccc(-c2ccc(N)c(N)c2)cc1N.O.O.O.O. The Morgan fingerprint density at radius 2 is 0.750 bits per heavy atom. The van der Waals surface area contributed by atoms with E-state index in [1.165, 1.54) is 0 Å². The summed E-state index contributed by atoms with van der Waals surface area (Å²) in [6, 6.07) is 11.0. The van der Waals surface area contributed by atoms with Crippen molar-refractivity contribution in [2.45, 2.75) is 0 Å². The van der Waals surface area contributed by atoms with E-state index in [1.54, 1.807) is 12.1 Å². The molecule has 0 aliphatic rings. The van der Waals surface area contributed by atoms with Gasteiger partial charge in [-0.2, -0.15) is 0 Å². The predicted molar refractivity (Wildman–Crippen MR) is 84.0 cm³/mol. The van der Waals surface area contributed by atoms with Gasteiger partial charge < -0.3 is 44.8 Å². The number of rotatable bonds is 1. The van der Waals surface area contributed by atoms with Crippen LogP contribution >= 0.6 is 0 Å². The number of nitrogen functional groups attached to an aromatic ring is 4. The Bertz CT molecular complexity index is 499. The van der Waals surface area contributed by atoms with Gasteiger partial charge in [-0.25, -0.2) is 0 Å². The van der Waals surface area contributed by atoms with Gasteiger partial charge in [0.15, 0.2) is 0 Å². The summed E-state index contributed by atoms with van der Waals surface area (Å²) < 4.78 is 0. The van der Waals surface area contributed by atoms with E-state index < -0.39 is 0 Å². The van der Waals surface area contributed by atoms with Crippen molar-refractivity contribution < 1.29 is 21.9 Å². The largest absolute Gasteiger partial charge is 0.412 e. The summed E-state index contributed by atoms with van der Waals surface area (Å²) >= 11 is 0. The van der Waals surface area contributed by atoms with Crippen molar-refractivity contribution in [2.75, 3.05) is 22.9 Å². The van der Waals surface area contributed by atoms with Crippen molar-refractivity contribution in [3.05, 3.63) is 36.4 Å². The van der Waals surface area contributed by atoms with E-state index in [4.69, 9.17) is 22.9 Å². The van der Waals surface area contributed by atoms with Crippen molar-refractivity contribution in [1.82, 2.24) is 0 Å². The summed E-state index contributed by atoms with van der Waals surface area (Å²) in [7, 11) is 0. The third-order valence-electron chi connectivity index (χ3n) is 2.51. The molecular weight excluding hydrogens is 264 g/mol. The topological polar surface area (TPSA) is 230 Å². The lowest BCUT2D eigenvalue weighted by Crippen LogP contribution is -1.96. The van der Waals surface area contributed by atoms with Crippen LogP contribution in [-0.4, -0.2) is 21.9 Å². The number of hydrogen-bond acceptors (Lipinski definition) is 4. The Morgan fingerprint density at radius 1 is 0.450 bits per heavy atom. The standard InChI is InChI=1S/C12H14N4.4H2O/c13-9-3-1-7(5-11(9)15)8-2-4-10(14)12(16)6-8;;;;/h1-6H,13-16H2;4*1H2. The molecule has 20 heavy (non-hydrogen) atoms. The van der Waals surface area contributed by atoms with Gasteiger partial charge in [-0.1, -0.05) is 12.1 Å². The smallest absolute Gasteiger partial charge is 0.0554 e. The molecule has 0 aliphatic heterocycles. The van der Waals surface area contributed by atoms with E-state index in [1.807, 2.05) is 24.3 Å². The molecular formula is C12H22N4O4. The van der Waals surface area contributed by atoms with Gasteiger partial charge in [0.2, 0.25) is 0 Å². The first-order valence-corrected chi connectivity index (χ1v) is 4.88. The minimum absolute atomic E-state index is 0. The van der Waals surface area contributed by atoms with Gasteiger partial charge in [0.25, 0.3) is 0 Å². The maximum atomic E-state index is 5.74. The van der Waals surface area contributed by atoms with Crippen LogP contribution in [0, 0.1) is 0 Å². The molecule has 8 nitrogen and oxygen atoms in total. The third-order valence-corrected chi connectivity index (χ3v) is 2.51. The number of anilines is 4. The molecule has 0 spiro atoms. The number of nitrogens with two attached hydrogens (primary N) is 4. The van der Waals surface area contributed by atoms with Crippen molar-refractivity contribution in [3.8, 4) is 11.1 Å². The molecule has 0 atom stereocenters. The molecule has 0 saturated heterocycles. The average Bonchev–Trinajstić information content (AvgIpc) is 2.26. The van der Waals surface area contributed by atoms with Crippen LogP contribution in [-0.2, 0) is 0 Å². The van der Waals surface area contributed by atoms with Crippen LogP contribution in [0.1, 0.15) is 0 Å². The molecule has 0 unspecified atom stereocenters. The minimum Gasteiger partial charge on any atom is -0.412 e. The average molecular weight is 286 g/mol. The highest BCUT2D eigenvalue weighted by atomic mass is 16.0. The molecule has 2 rings (SSSR count). The van der Waals surface area contributed by atoms with E-state index in [-0.39, 0.29) is 21.9 Å². The summed E-state index contributed by atoms with van der Waals surface area (Å²) in [5, 5.41) is 0. The summed E-state index contributed by atoms with van der Waals surface area (Å²) in [5.74, 6) is 0. The molecule has 114 valence electrons. The maximum Gasteiger partial charge on any atom is 0.0554 e. The monoisotopic (exact) mass is 286 g/mol. The fourth-order valence-electron chi connectivity index (χ4n) is 1.51. The van der Waals surface area contributed by atoms with Gasteiger partial charge in [-0.3, -0.25) is 0 Å². The molecule has 2 aromatic rings. The Kier molecular flexibility index (Phi) is 9.69. The molecule has 2 aromatic carbocycles. The quantitative estimate of drug-likeness (QED) is 0.452. The first-order valence-electron chi connectivity index (χ1n) is 4.88. The van der Waals surface area contributed by atoms with Gasteiger partial charge in [-0.05, 0) is 35.4 Å². The number of benzene rings is 2. The fraction of sp³-hybridized carbons (Fsp3) is 0. The van der Waals surface area contributed by atoms with E-state index in [0.29, 0.717) is 22.7 Å². The number of hydrogen-bond donors (Lipinski definition) is 4. The Hall–Kier alpha value is -2.52. The highest BCUT2D eigenvalue weighted by molar-refractivity contribution is 5.78. The second-order valence-corrected chi connectivity index (χ2v) is 3.69. The zero-order valence-electron chi connectivity index (χ0n) is 10.8. The van der Waals surface area contributed by atoms with E-state index >= 15 is 0 Å². The molecule has 0 aliphatic carbocycles. The summed E-state index contributed by atoms with van der Waals surface area (Å²) in [6.45, 7) is 0. The Balaban J connectivity index is -0.000000722. The van der Waals surface area contributed by atoms with Crippen LogP contribution in [0.15, 0.2) is 36.4 Å². The highest BCUT2D eigenvalue weighted by Gasteiger charge is 2.02. The molecule has 0 fully saturated rings. The van der Waals surface area contributed by atoms with Crippen LogP contribution in [0.25, 0.3) is 11.1 Å². The Labute approximate surface area is 116 Å². The fourth-order valence-corrected chi connectivity index (χ4v) is 1.51. The lowest BCUT2D eigenvalue weighted by Gasteiger charge is -2.07. The molecule has 0 amide bonds. The van der Waals surface area contributed by atoms with Crippen LogP contribution in [0.5, 0.6) is 0 Å². The van der Waals surface area contributed by atoms with Crippen molar-refractivity contribution >= 4 is 22.7 Å². The zero-order valence-corrected chi connectivity index (χ0v) is 10.8. The predicted octanol–water partition coefficient (Wildman–Crippen LogP) is -1.62. The van der Waals surface area contributed by atoms with Crippen molar-refractivity contribution in [3.63, 3.8) is 0 Å². The molecule has 0 bridgehead atoms. The van der Waals surface area contributed by atoms with Crippen molar-refractivity contribution in [2.24, 2.45) is 0 Å². The van der Waals surface area contributed by atoms with Gasteiger partial charge in [0.1, 0.15) is 0 Å². The molecule has 0 aromatic heterocycles. The molecule has 0 radical (unpaired) electrons. The molecule has 16 N–H and O–H groups in total. The van der Waals surface area contributed by atoms with Crippen LogP contribution in [0.4, 0.5) is 22.7 Å². The van der Waals surface area contributed by atoms with Crippen molar-refractivity contribution in [1.29, 1.82) is 0 Å². The third kappa shape index (κ3) is 4.30. The molecule has 8 heteroatoms.